The van der Waals surface area contributed by atoms with Crippen LogP contribution in [0.2, 0.25) is 0 Å². The maximum absolute atomic E-state index is 13.1. The van der Waals surface area contributed by atoms with Crippen LogP contribution in [0.4, 0.5) is 5.69 Å². The molecule has 0 radical (unpaired) electrons. The van der Waals surface area contributed by atoms with Gasteiger partial charge in [0.15, 0.2) is 4.32 Å². The van der Waals surface area contributed by atoms with E-state index in [-0.39, 0.29) is 5.91 Å². The minimum Gasteiger partial charge on any atom is -0.497 e. The van der Waals surface area contributed by atoms with Gasteiger partial charge in [-0.05, 0) is 74.9 Å². The monoisotopic (exact) mass is 434 g/mol. The molecule has 0 bridgehead atoms. The Bertz CT molecular complexity index is 1160. The van der Waals surface area contributed by atoms with Crippen LogP contribution in [-0.2, 0) is 4.79 Å². The summed E-state index contributed by atoms with van der Waals surface area (Å²) in [7, 11) is 1.66. The van der Waals surface area contributed by atoms with Crippen LogP contribution >= 0.6 is 24.0 Å². The molecule has 0 aliphatic carbocycles. The van der Waals surface area contributed by atoms with E-state index in [0.717, 1.165) is 39.6 Å². The lowest BCUT2D eigenvalue weighted by molar-refractivity contribution is -0.113. The van der Waals surface area contributed by atoms with Gasteiger partial charge in [0.2, 0.25) is 0 Å². The number of rotatable bonds is 4. The van der Waals surface area contributed by atoms with Gasteiger partial charge >= 0.3 is 0 Å². The Balaban J connectivity index is 1.67. The molecule has 1 aromatic heterocycles. The molecule has 4 rings (SSSR count). The average Bonchev–Trinajstić information content (AvgIpc) is 3.17. The molecule has 0 saturated carbocycles. The zero-order valence-corrected chi connectivity index (χ0v) is 18.9. The number of ether oxygens (including phenoxy) is 1. The van der Waals surface area contributed by atoms with E-state index in [1.807, 2.05) is 61.5 Å². The number of thiocarbonyl (C=S) groups is 1. The zero-order valence-electron chi connectivity index (χ0n) is 17.3. The first-order valence-corrected chi connectivity index (χ1v) is 10.8. The number of benzene rings is 2. The second-order valence-electron chi connectivity index (χ2n) is 7.21. The highest BCUT2D eigenvalue weighted by atomic mass is 32.2. The number of amides is 1. The van der Waals surface area contributed by atoms with Crippen molar-refractivity contribution in [2.75, 3.05) is 12.0 Å². The number of hydrogen-bond donors (Lipinski definition) is 0. The Kier molecular flexibility index (Phi) is 5.54. The Labute approximate surface area is 186 Å². The largest absolute Gasteiger partial charge is 0.497 e. The maximum Gasteiger partial charge on any atom is 0.270 e. The third-order valence-corrected chi connectivity index (χ3v) is 6.48. The lowest BCUT2D eigenvalue weighted by atomic mass is 10.2. The first-order chi connectivity index (χ1) is 14.4. The van der Waals surface area contributed by atoms with E-state index in [1.54, 1.807) is 12.0 Å². The molecule has 152 valence electrons. The SMILES string of the molecule is COc1ccc(-n2c(C)cc(C=C3SC(=S)N(c4ccc(C)cc4)C3=O)c2C)cc1. The second kappa shape index (κ2) is 8.13. The molecule has 0 N–H and O–H groups in total. The molecule has 1 aliphatic rings. The topological polar surface area (TPSA) is 34.5 Å². The molecule has 2 heterocycles. The summed E-state index contributed by atoms with van der Waals surface area (Å²) in [5, 5.41) is 0. The maximum atomic E-state index is 13.1. The Morgan fingerprint density at radius 2 is 1.60 bits per heavy atom. The standard InChI is InChI=1S/C24H22N2O2S2/c1-15-5-7-20(8-6-15)26-23(27)22(30-24(26)29)14-18-13-16(2)25(17(18)3)19-9-11-21(28-4)12-10-19/h5-14H,1-4H3. The first kappa shape index (κ1) is 20.4. The summed E-state index contributed by atoms with van der Waals surface area (Å²) < 4.78 is 7.99. The van der Waals surface area contributed by atoms with Gasteiger partial charge in [-0.1, -0.05) is 41.7 Å². The molecule has 2 aromatic carbocycles. The van der Waals surface area contributed by atoms with Crippen LogP contribution in [0.3, 0.4) is 0 Å². The molecule has 1 amide bonds. The highest BCUT2D eigenvalue weighted by Gasteiger charge is 2.33. The van der Waals surface area contributed by atoms with Gasteiger partial charge in [0.1, 0.15) is 5.75 Å². The highest BCUT2D eigenvalue weighted by molar-refractivity contribution is 8.27. The summed E-state index contributed by atoms with van der Waals surface area (Å²) >= 11 is 6.84. The third-order valence-electron chi connectivity index (χ3n) is 5.17. The van der Waals surface area contributed by atoms with Crippen molar-refractivity contribution < 1.29 is 9.53 Å². The summed E-state index contributed by atoms with van der Waals surface area (Å²) in [5.74, 6) is 0.740. The molecule has 1 fully saturated rings. The summed E-state index contributed by atoms with van der Waals surface area (Å²) in [6.07, 6.45) is 1.94. The van der Waals surface area contributed by atoms with Crippen molar-refractivity contribution in [2.45, 2.75) is 20.8 Å². The van der Waals surface area contributed by atoms with Crippen molar-refractivity contribution in [3.05, 3.63) is 82.0 Å². The molecular weight excluding hydrogens is 412 g/mol. The van der Waals surface area contributed by atoms with Gasteiger partial charge in [-0.25, -0.2) is 0 Å². The molecular formula is C24H22N2O2S2. The van der Waals surface area contributed by atoms with Crippen molar-refractivity contribution in [3.8, 4) is 11.4 Å². The number of thioether (sulfide) groups is 1. The third kappa shape index (κ3) is 3.68. The lowest BCUT2D eigenvalue weighted by Gasteiger charge is -2.14. The van der Waals surface area contributed by atoms with E-state index in [2.05, 4.69) is 24.5 Å². The predicted molar refractivity (Wildman–Crippen MR) is 129 cm³/mol. The number of carbonyl (C=O) groups is 1. The van der Waals surface area contributed by atoms with Crippen molar-refractivity contribution in [2.24, 2.45) is 0 Å². The minimum absolute atomic E-state index is 0.0805. The quantitative estimate of drug-likeness (QED) is 0.383. The lowest BCUT2D eigenvalue weighted by Crippen LogP contribution is -2.27. The number of aromatic nitrogens is 1. The van der Waals surface area contributed by atoms with Crippen molar-refractivity contribution in [1.82, 2.24) is 4.57 Å². The fourth-order valence-corrected chi connectivity index (χ4v) is 4.88. The van der Waals surface area contributed by atoms with Crippen LogP contribution in [0.1, 0.15) is 22.5 Å². The van der Waals surface area contributed by atoms with Crippen LogP contribution < -0.4 is 9.64 Å². The van der Waals surface area contributed by atoms with Gasteiger partial charge in [-0.3, -0.25) is 9.69 Å². The summed E-state index contributed by atoms with van der Waals surface area (Å²) in [5.41, 5.74) is 6.17. The van der Waals surface area contributed by atoms with Gasteiger partial charge in [-0.15, -0.1) is 0 Å². The fraction of sp³-hybridized carbons (Fsp3) is 0.167. The number of anilines is 1. The van der Waals surface area contributed by atoms with Crippen molar-refractivity contribution in [3.63, 3.8) is 0 Å². The van der Waals surface area contributed by atoms with E-state index in [9.17, 15) is 4.79 Å². The van der Waals surface area contributed by atoms with E-state index >= 15 is 0 Å². The van der Waals surface area contributed by atoms with Crippen molar-refractivity contribution in [1.29, 1.82) is 0 Å². The fourth-order valence-electron chi connectivity index (χ4n) is 3.59. The number of methoxy groups -OCH3 is 1. The van der Waals surface area contributed by atoms with E-state index in [0.29, 0.717) is 9.23 Å². The summed E-state index contributed by atoms with van der Waals surface area (Å²) in [6.45, 7) is 6.14. The van der Waals surface area contributed by atoms with E-state index in [4.69, 9.17) is 17.0 Å². The molecule has 4 nitrogen and oxygen atoms in total. The average molecular weight is 435 g/mol. The molecule has 1 aliphatic heterocycles. The number of hydrogen-bond acceptors (Lipinski definition) is 4. The molecule has 30 heavy (non-hydrogen) atoms. The molecule has 0 atom stereocenters. The molecule has 3 aromatic rings. The predicted octanol–water partition coefficient (Wildman–Crippen LogP) is 5.82. The van der Waals surface area contributed by atoms with E-state index in [1.165, 1.54) is 11.8 Å². The molecule has 0 spiro atoms. The molecule has 6 heteroatoms. The Hall–Kier alpha value is -2.83. The summed E-state index contributed by atoms with van der Waals surface area (Å²) in [4.78, 5) is 15.3. The second-order valence-corrected chi connectivity index (χ2v) is 8.89. The van der Waals surface area contributed by atoms with Gasteiger partial charge in [0.25, 0.3) is 5.91 Å². The van der Waals surface area contributed by atoms with Crippen LogP contribution in [0.15, 0.2) is 59.5 Å². The first-order valence-electron chi connectivity index (χ1n) is 9.57. The Morgan fingerprint density at radius 1 is 0.967 bits per heavy atom. The van der Waals surface area contributed by atoms with Crippen LogP contribution in [-0.4, -0.2) is 21.9 Å². The zero-order chi connectivity index (χ0) is 21.4. The molecule has 0 unspecified atom stereocenters. The van der Waals surface area contributed by atoms with Gasteiger partial charge < -0.3 is 9.30 Å². The van der Waals surface area contributed by atoms with Crippen LogP contribution in [0.25, 0.3) is 11.8 Å². The normalized spacial score (nSPS) is 15.3. The number of nitrogens with zero attached hydrogens (tertiary/aromatic N) is 2. The molecule has 1 saturated heterocycles. The number of aryl methyl sites for hydroxylation is 2. The van der Waals surface area contributed by atoms with Gasteiger partial charge in [0.05, 0.1) is 17.7 Å². The highest BCUT2D eigenvalue weighted by Crippen LogP contribution is 2.37. The van der Waals surface area contributed by atoms with Crippen LogP contribution in [0.5, 0.6) is 5.75 Å². The summed E-state index contributed by atoms with van der Waals surface area (Å²) in [6, 6.07) is 17.9. The number of carbonyl (C=O) groups excluding carboxylic acids is 1. The van der Waals surface area contributed by atoms with Crippen LogP contribution in [0, 0.1) is 20.8 Å². The van der Waals surface area contributed by atoms with Gasteiger partial charge in [-0.2, -0.15) is 0 Å². The smallest absolute Gasteiger partial charge is 0.270 e. The van der Waals surface area contributed by atoms with Gasteiger partial charge in [0, 0.05) is 17.1 Å². The van der Waals surface area contributed by atoms with Crippen molar-refractivity contribution >= 4 is 46.0 Å². The Morgan fingerprint density at radius 3 is 2.23 bits per heavy atom. The van der Waals surface area contributed by atoms with E-state index < -0.39 is 0 Å². The minimum atomic E-state index is -0.0805.